The van der Waals surface area contributed by atoms with Crippen LogP contribution < -0.4 is 11.1 Å². The highest BCUT2D eigenvalue weighted by Gasteiger charge is 2.12. The minimum Gasteiger partial charge on any atom is -0.368 e. The van der Waals surface area contributed by atoms with Crippen LogP contribution in [0, 0.1) is 0 Å². The van der Waals surface area contributed by atoms with Crippen LogP contribution in [0.2, 0.25) is 0 Å². The molecular formula is C11H12N6S. The Labute approximate surface area is 107 Å². The first-order valence-corrected chi connectivity index (χ1v) is 6.38. The molecule has 0 aliphatic carbocycles. The van der Waals surface area contributed by atoms with E-state index < -0.39 is 0 Å². The predicted octanol–water partition coefficient (Wildman–Crippen LogP) is 2.17. The molecule has 0 saturated heterocycles. The Morgan fingerprint density at radius 2 is 2.33 bits per heavy atom. The largest absolute Gasteiger partial charge is 0.368 e. The van der Waals surface area contributed by atoms with Crippen LogP contribution in [0.4, 0.5) is 11.8 Å². The molecule has 0 radical (unpaired) electrons. The zero-order valence-corrected chi connectivity index (χ0v) is 10.5. The van der Waals surface area contributed by atoms with Gasteiger partial charge in [0.25, 0.3) is 0 Å². The second-order valence-electron chi connectivity index (χ2n) is 3.94. The molecule has 6 nitrogen and oxygen atoms in total. The van der Waals surface area contributed by atoms with Gasteiger partial charge in [-0.25, -0.2) is 0 Å². The van der Waals surface area contributed by atoms with Crippen LogP contribution in [0.5, 0.6) is 0 Å². The lowest BCUT2D eigenvalue weighted by atomic mass is 10.2. The van der Waals surface area contributed by atoms with Crippen LogP contribution >= 0.6 is 11.3 Å². The molecular weight excluding hydrogens is 248 g/mol. The minimum atomic E-state index is 0.164. The third-order valence-electron chi connectivity index (χ3n) is 2.65. The second kappa shape index (κ2) is 4.26. The van der Waals surface area contributed by atoms with Crippen LogP contribution in [0.3, 0.4) is 0 Å². The molecule has 0 saturated carbocycles. The smallest absolute Gasteiger partial charge is 0.224 e. The van der Waals surface area contributed by atoms with Crippen LogP contribution in [-0.2, 0) is 0 Å². The fraction of sp³-hybridized carbons (Fsp3) is 0.182. The summed E-state index contributed by atoms with van der Waals surface area (Å²) < 4.78 is 0. The summed E-state index contributed by atoms with van der Waals surface area (Å²) >= 11 is 1.70. The lowest BCUT2D eigenvalue weighted by Gasteiger charge is -2.13. The molecule has 0 fully saturated rings. The predicted molar refractivity (Wildman–Crippen MR) is 72.5 cm³/mol. The third kappa shape index (κ3) is 1.88. The molecule has 18 heavy (non-hydrogen) atoms. The van der Waals surface area contributed by atoms with Gasteiger partial charge in [-0.15, -0.1) is 11.3 Å². The van der Waals surface area contributed by atoms with Crippen molar-refractivity contribution in [2.45, 2.75) is 13.0 Å². The third-order valence-corrected chi connectivity index (χ3v) is 3.71. The van der Waals surface area contributed by atoms with Gasteiger partial charge >= 0.3 is 0 Å². The van der Waals surface area contributed by atoms with Crippen molar-refractivity contribution in [3.8, 4) is 0 Å². The van der Waals surface area contributed by atoms with Crippen LogP contribution in [0.1, 0.15) is 17.8 Å². The van der Waals surface area contributed by atoms with Crippen LogP contribution in [-0.4, -0.2) is 20.2 Å². The van der Waals surface area contributed by atoms with E-state index in [1.807, 2.05) is 6.07 Å². The number of nitrogens with zero attached hydrogens (tertiary/aromatic N) is 3. The van der Waals surface area contributed by atoms with E-state index in [0.29, 0.717) is 11.5 Å². The van der Waals surface area contributed by atoms with E-state index in [9.17, 15) is 0 Å². The van der Waals surface area contributed by atoms with E-state index >= 15 is 0 Å². The molecule has 3 aromatic heterocycles. The van der Waals surface area contributed by atoms with Gasteiger partial charge in [0, 0.05) is 4.88 Å². The Kier molecular flexibility index (Phi) is 2.60. The molecule has 3 rings (SSSR count). The van der Waals surface area contributed by atoms with Gasteiger partial charge in [-0.2, -0.15) is 15.1 Å². The highest BCUT2D eigenvalue weighted by molar-refractivity contribution is 7.10. The second-order valence-corrected chi connectivity index (χ2v) is 4.92. The Balaban J connectivity index is 1.97. The summed E-state index contributed by atoms with van der Waals surface area (Å²) in [6, 6.07) is 4.27. The first-order chi connectivity index (χ1) is 8.74. The van der Waals surface area contributed by atoms with Crippen molar-refractivity contribution in [2.24, 2.45) is 0 Å². The van der Waals surface area contributed by atoms with E-state index in [1.54, 1.807) is 17.5 Å². The Morgan fingerprint density at radius 1 is 1.44 bits per heavy atom. The number of H-pyrrole nitrogens is 1. The first-order valence-electron chi connectivity index (χ1n) is 5.50. The normalized spacial score (nSPS) is 12.7. The fourth-order valence-corrected chi connectivity index (χ4v) is 2.51. The summed E-state index contributed by atoms with van der Waals surface area (Å²) in [6.07, 6.45) is 1.69. The highest BCUT2D eigenvalue weighted by Crippen LogP contribution is 2.26. The fourth-order valence-electron chi connectivity index (χ4n) is 1.78. The van der Waals surface area contributed by atoms with E-state index in [1.165, 1.54) is 4.88 Å². The molecule has 0 aliphatic rings. The first kappa shape index (κ1) is 11.0. The number of fused-ring (bicyclic) bond motifs is 1. The maximum atomic E-state index is 5.67. The minimum absolute atomic E-state index is 0.164. The highest BCUT2D eigenvalue weighted by atomic mass is 32.1. The quantitative estimate of drug-likeness (QED) is 0.671. The summed E-state index contributed by atoms with van der Waals surface area (Å²) in [6.45, 7) is 2.08. The standard InChI is InChI=1S/C11H12N6S/c1-6(8-3-2-4-18-8)14-9-7-5-13-17-10(7)16-11(12)15-9/h2-6H,1H3,(H4,12,13,14,15,16,17)/t6-/m0/s1. The molecule has 0 aromatic carbocycles. The number of rotatable bonds is 3. The van der Waals surface area contributed by atoms with Crippen molar-refractivity contribution >= 4 is 34.1 Å². The lowest BCUT2D eigenvalue weighted by molar-refractivity contribution is 0.899. The molecule has 0 amide bonds. The lowest BCUT2D eigenvalue weighted by Crippen LogP contribution is -2.08. The molecule has 7 heteroatoms. The van der Waals surface area contributed by atoms with E-state index in [0.717, 1.165) is 5.39 Å². The molecule has 0 bridgehead atoms. The van der Waals surface area contributed by atoms with Gasteiger partial charge in [-0.05, 0) is 18.4 Å². The van der Waals surface area contributed by atoms with Gasteiger partial charge < -0.3 is 11.1 Å². The molecule has 1 atom stereocenters. The summed E-state index contributed by atoms with van der Waals surface area (Å²) in [4.78, 5) is 9.54. The van der Waals surface area contributed by atoms with Gasteiger partial charge in [-0.1, -0.05) is 6.07 Å². The summed E-state index contributed by atoms with van der Waals surface area (Å²) in [7, 11) is 0. The van der Waals surface area contributed by atoms with Crippen molar-refractivity contribution < 1.29 is 0 Å². The summed E-state index contributed by atoms with van der Waals surface area (Å²) in [5, 5.41) is 13.0. The molecule has 0 spiro atoms. The van der Waals surface area contributed by atoms with Gasteiger partial charge in [0.1, 0.15) is 5.82 Å². The number of hydrogen-bond acceptors (Lipinski definition) is 6. The molecule has 4 N–H and O–H groups in total. The number of anilines is 2. The van der Waals surface area contributed by atoms with Crippen molar-refractivity contribution in [1.82, 2.24) is 20.2 Å². The van der Waals surface area contributed by atoms with Gasteiger partial charge in [-0.3, -0.25) is 5.10 Å². The number of nitrogens with one attached hydrogen (secondary N) is 2. The number of nitrogen functional groups attached to an aromatic ring is 1. The molecule has 0 aliphatic heterocycles. The summed E-state index contributed by atoms with van der Waals surface area (Å²) in [5.74, 6) is 0.930. The monoisotopic (exact) mass is 260 g/mol. The number of aromatic amines is 1. The Bertz CT molecular complexity index is 659. The van der Waals surface area contributed by atoms with E-state index in [4.69, 9.17) is 5.73 Å². The maximum Gasteiger partial charge on any atom is 0.224 e. The Hall–Kier alpha value is -2.15. The SMILES string of the molecule is C[C@H](Nc1nc(N)nc2[nH]ncc12)c1cccs1. The van der Waals surface area contributed by atoms with Crippen molar-refractivity contribution in [3.63, 3.8) is 0 Å². The number of thiophene rings is 1. The molecule has 3 heterocycles. The summed E-state index contributed by atoms with van der Waals surface area (Å²) in [5.41, 5.74) is 6.31. The van der Waals surface area contributed by atoms with Crippen LogP contribution in [0.25, 0.3) is 11.0 Å². The van der Waals surface area contributed by atoms with Gasteiger partial charge in [0.05, 0.1) is 17.6 Å². The van der Waals surface area contributed by atoms with Crippen LogP contribution in [0.15, 0.2) is 23.7 Å². The zero-order chi connectivity index (χ0) is 12.5. The average molecular weight is 260 g/mol. The molecule has 3 aromatic rings. The van der Waals surface area contributed by atoms with Crippen molar-refractivity contribution in [3.05, 3.63) is 28.6 Å². The van der Waals surface area contributed by atoms with Crippen molar-refractivity contribution in [1.29, 1.82) is 0 Å². The molecule has 92 valence electrons. The number of hydrogen-bond donors (Lipinski definition) is 3. The topological polar surface area (TPSA) is 92.5 Å². The average Bonchev–Trinajstić information content (AvgIpc) is 2.98. The number of aromatic nitrogens is 4. The zero-order valence-electron chi connectivity index (χ0n) is 9.71. The Morgan fingerprint density at radius 3 is 3.11 bits per heavy atom. The van der Waals surface area contributed by atoms with E-state index in [2.05, 4.69) is 43.9 Å². The maximum absolute atomic E-state index is 5.67. The van der Waals surface area contributed by atoms with Gasteiger partial charge in [0.2, 0.25) is 5.95 Å². The van der Waals surface area contributed by atoms with Crippen molar-refractivity contribution in [2.75, 3.05) is 11.1 Å². The number of nitrogens with two attached hydrogens (primary N) is 1. The van der Waals surface area contributed by atoms with Gasteiger partial charge in [0.15, 0.2) is 5.65 Å². The van der Waals surface area contributed by atoms with E-state index in [-0.39, 0.29) is 12.0 Å². The molecule has 0 unspecified atom stereocenters.